The van der Waals surface area contributed by atoms with Gasteiger partial charge in [0.15, 0.2) is 0 Å². The standard InChI is InChI=1S/C19H27N3O2S/c1-14-11-17(14)19(24)20-6-5-18(23)21-16-4-2-3-15(12-16)13-22-7-9-25-10-8-22/h2-4,12,14,17H,5-11,13H2,1H3,(H,20,24)(H,21,23)/t14-,17-/m1/s1. The lowest BCUT2D eigenvalue weighted by Gasteiger charge is -2.26. The Hall–Kier alpha value is -1.53. The van der Waals surface area contributed by atoms with Gasteiger partial charge in [0.25, 0.3) is 0 Å². The normalized spacial score (nSPS) is 23.1. The molecule has 5 nitrogen and oxygen atoms in total. The van der Waals surface area contributed by atoms with Crippen molar-refractivity contribution in [2.45, 2.75) is 26.3 Å². The smallest absolute Gasteiger partial charge is 0.226 e. The van der Waals surface area contributed by atoms with E-state index >= 15 is 0 Å². The van der Waals surface area contributed by atoms with Gasteiger partial charge in [-0.15, -0.1) is 0 Å². The first kappa shape index (κ1) is 18.3. The maximum Gasteiger partial charge on any atom is 0.226 e. The number of nitrogens with one attached hydrogen (secondary N) is 2. The van der Waals surface area contributed by atoms with Gasteiger partial charge in [-0.2, -0.15) is 11.8 Å². The highest BCUT2D eigenvalue weighted by Gasteiger charge is 2.38. The van der Waals surface area contributed by atoms with Crippen LogP contribution in [0, 0.1) is 11.8 Å². The van der Waals surface area contributed by atoms with E-state index in [1.54, 1.807) is 0 Å². The summed E-state index contributed by atoms with van der Waals surface area (Å²) in [6, 6.07) is 8.05. The molecule has 0 spiro atoms. The number of amides is 2. The van der Waals surface area contributed by atoms with Crippen LogP contribution in [0.15, 0.2) is 24.3 Å². The van der Waals surface area contributed by atoms with Gasteiger partial charge in [-0.3, -0.25) is 14.5 Å². The Labute approximate surface area is 153 Å². The summed E-state index contributed by atoms with van der Waals surface area (Å²) in [5, 5.41) is 5.78. The predicted octanol–water partition coefficient (Wildman–Crippen LogP) is 2.34. The number of benzene rings is 1. The minimum Gasteiger partial charge on any atom is -0.355 e. The lowest BCUT2D eigenvalue weighted by Crippen LogP contribution is -2.32. The van der Waals surface area contributed by atoms with E-state index in [0.29, 0.717) is 18.9 Å². The highest BCUT2D eigenvalue weighted by atomic mass is 32.2. The molecular weight excluding hydrogens is 334 g/mol. The average Bonchev–Trinajstić information content (AvgIpc) is 3.33. The number of carbonyl (C=O) groups is 2. The van der Waals surface area contributed by atoms with Crippen molar-refractivity contribution < 1.29 is 9.59 Å². The maximum atomic E-state index is 12.1. The first-order valence-corrected chi connectivity index (χ1v) is 10.2. The van der Waals surface area contributed by atoms with Crippen molar-refractivity contribution in [3.63, 3.8) is 0 Å². The molecule has 1 aliphatic carbocycles. The molecule has 136 valence electrons. The van der Waals surface area contributed by atoms with E-state index in [1.165, 1.54) is 17.1 Å². The van der Waals surface area contributed by atoms with Crippen molar-refractivity contribution in [1.82, 2.24) is 10.2 Å². The number of thioether (sulfide) groups is 1. The van der Waals surface area contributed by atoms with Crippen LogP contribution in [0.2, 0.25) is 0 Å². The molecule has 2 aliphatic rings. The molecule has 0 radical (unpaired) electrons. The van der Waals surface area contributed by atoms with Gasteiger partial charge in [0, 0.05) is 55.7 Å². The number of carbonyl (C=O) groups excluding carboxylic acids is 2. The topological polar surface area (TPSA) is 61.4 Å². The monoisotopic (exact) mass is 361 g/mol. The van der Waals surface area contributed by atoms with Gasteiger partial charge < -0.3 is 10.6 Å². The quantitative estimate of drug-likeness (QED) is 0.783. The molecule has 1 aromatic carbocycles. The van der Waals surface area contributed by atoms with Gasteiger partial charge in [0.2, 0.25) is 11.8 Å². The molecule has 1 aromatic rings. The summed E-state index contributed by atoms with van der Waals surface area (Å²) in [4.78, 5) is 26.3. The van der Waals surface area contributed by atoms with Crippen LogP contribution in [-0.4, -0.2) is 47.9 Å². The third-order valence-electron chi connectivity index (χ3n) is 4.82. The van der Waals surface area contributed by atoms with Crippen LogP contribution in [-0.2, 0) is 16.1 Å². The van der Waals surface area contributed by atoms with E-state index in [4.69, 9.17) is 0 Å². The number of rotatable bonds is 7. The van der Waals surface area contributed by atoms with E-state index in [2.05, 4.69) is 28.5 Å². The minimum atomic E-state index is -0.0596. The van der Waals surface area contributed by atoms with Crippen molar-refractivity contribution in [3.05, 3.63) is 29.8 Å². The minimum absolute atomic E-state index is 0.0596. The highest BCUT2D eigenvalue weighted by Crippen LogP contribution is 2.37. The SMILES string of the molecule is C[C@@H]1C[C@H]1C(=O)NCCC(=O)Nc1cccc(CN2CCSCC2)c1. The third-order valence-corrected chi connectivity index (χ3v) is 5.76. The molecule has 0 unspecified atom stereocenters. The van der Waals surface area contributed by atoms with E-state index < -0.39 is 0 Å². The molecule has 3 rings (SSSR count). The van der Waals surface area contributed by atoms with E-state index in [1.807, 2.05) is 30.0 Å². The van der Waals surface area contributed by atoms with Crippen molar-refractivity contribution in [3.8, 4) is 0 Å². The molecule has 25 heavy (non-hydrogen) atoms. The molecule has 1 heterocycles. The second-order valence-electron chi connectivity index (χ2n) is 7.00. The lowest BCUT2D eigenvalue weighted by molar-refractivity contribution is -0.122. The summed E-state index contributed by atoms with van der Waals surface area (Å²) in [6.07, 6.45) is 1.28. The zero-order valence-corrected chi connectivity index (χ0v) is 15.6. The fraction of sp³-hybridized carbons (Fsp3) is 0.579. The van der Waals surface area contributed by atoms with Gasteiger partial charge in [-0.1, -0.05) is 19.1 Å². The van der Waals surface area contributed by atoms with Crippen LogP contribution in [0.4, 0.5) is 5.69 Å². The first-order valence-electron chi connectivity index (χ1n) is 9.08. The van der Waals surface area contributed by atoms with Gasteiger partial charge in [-0.25, -0.2) is 0 Å². The summed E-state index contributed by atoms with van der Waals surface area (Å²) in [6.45, 7) is 5.66. The van der Waals surface area contributed by atoms with Crippen molar-refractivity contribution in [1.29, 1.82) is 0 Å². The highest BCUT2D eigenvalue weighted by molar-refractivity contribution is 7.99. The molecular formula is C19H27N3O2S. The predicted molar refractivity (Wildman–Crippen MR) is 103 cm³/mol. The third kappa shape index (κ3) is 5.75. The first-order chi connectivity index (χ1) is 12.1. The lowest BCUT2D eigenvalue weighted by atomic mass is 10.2. The summed E-state index contributed by atoms with van der Waals surface area (Å²) >= 11 is 2.01. The molecule has 2 fully saturated rings. The van der Waals surface area contributed by atoms with Crippen molar-refractivity contribution in [2.75, 3.05) is 36.5 Å². The van der Waals surface area contributed by atoms with Crippen LogP contribution in [0.25, 0.3) is 0 Å². The van der Waals surface area contributed by atoms with Crippen LogP contribution in [0.3, 0.4) is 0 Å². The Morgan fingerprint density at radius 1 is 1.28 bits per heavy atom. The van der Waals surface area contributed by atoms with Crippen LogP contribution >= 0.6 is 11.8 Å². The zero-order valence-electron chi connectivity index (χ0n) is 14.8. The van der Waals surface area contributed by atoms with Gasteiger partial charge in [-0.05, 0) is 30.0 Å². The maximum absolute atomic E-state index is 12.1. The van der Waals surface area contributed by atoms with Crippen LogP contribution in [0.5, 0.6) is 0 Å². The number of hydrogen-bond donors (Lipinski definition) is 2. The summed E-state index contributed by atoms with van der Waals surface area (Å²) < 4.78 is 0. The molecule has 0 bridgehead atoms. The fourth-order valence-electron chi connectivity index (χ4n) is 3.11. The van der Waals surface area contributed by atoms with Gasteiger partial charge in [0.1, 0.15) is 0 Å². The molecule has 1 aliphatic heterocycles. The molecule has 2 amide bonds. The zero-order chi connectivity index (χ0) is 17.6. The Kier molecular flexibility index (Phi) is 6.37. The van der Waals surface area contributed by atoms with E-state index in [9.17, 15) is 9.59 Å². The number of hydrogen-bond acceptors (Lipinski definition) is 4. The Morgan fingerprint density at radius 2 is 2.04 bits per heavy atom. The van der Waals surface area contributed by atoms with Crippen LogP contribution in [0.1, 0.15) is 25.3 Å². The molecule has 1 saturated carbocycles. The van der Waals surface area contributed by atoms with Gasteiger partial charge in [0.05, 0.1) is 0 Å². The molecule has 6 heteroatoms. The van der Waals surface area contributed by atoms with E-state index in [-0.39, 0.29) is 17.7 Å². The second-order valence-corrected chi connectivity index (χ2v) is 8.22. The summed E-state index contributed by atoms with van der Waals surface area (Å²) in [5.41, 5.74) is 2.05. The van der Waals surface area contributed by atoms with E-state index in [0.717, 1.165) is 31.7 Å². The van der Waals surface area contributed by atoms with Gasteiger partial charge >= 0.3 is 0 Å². The van der Waals surface area contributed by atoms with Crippen molar-refractivity contribution >= 4 is 29.3 Å². The summed E-state index contributed by atoms with van der Waals surface area (Å²) in [5.74, 6) is 3.07. The molecule has 2 atom stereocenters. The second kappa shape index (κ2) is 8.72. The number of anilines is 1. The largest absolute Gasteiger partial charge is 0.355 e. The average molecular weight is 362 g/mol. The molecule has 0 aromatic heterocycles. The van der Waals surface area contributed by atoms with Crippen molar-refractivity contribution in [2.24, 2.45) is 11.8 Å². The number of nitrogens with zero attached hydrogens (tertiary/aromatic N) is 1. The summed E-state index contributed by atoms with van der Waals surface area (Å²) in [7, 11) is 0. The molecule has 1 saturated heterocycles. The Morgan fingerprint density at radius 3 is 2.76 bits per heavy atom. The Balaban J connectivity index is 1.41. The van der Waals surface area contributed by atoms with Crippen LogP contribution < -0.4 is 10.6 Å². The molecule has 2 N–H and O–H groups in total. The fourth-order valence-corrected chi connectivity index (χ4v) is 4.08. The Bertz CT molecular complexity index is 616.